The number of aromatic nitrogens is 5. The molecule has 0 spiro atoms. The zero-order valence-corrected chi connectivity index (χ0v) is 18.5. The third-order valence-electron chi connectivity index (χ3n) is 6.48. The van der Waals surface area contributed by atoms with Crippen molar-refractivity contribution in [3.63, 3.8) is 0 Å². The Hall–Kier alpha value is -3.46. The van der Waals surface area contributed by atoms with E-state index in [4.69, 9.17) is 10.7 Å². The number of allylic oxidation sites excluding steroid dienone is 1. The first-order valence-electron chi connectivity index (χ1n) is 10.5. The molecule has 3 heterocycles. The quantitative estimate of drug-likeness (QED) is 0.370. The lowest BCUT2D eigenvalue weighted by atomic mass is 9.88. The third-order valence-corrected chi connectivity index (χ3v) is 7.08. The van der Waals surface area contributed by atoms with Gasteiger partial charge in [0.1, 0.15) is 11.3 Å². The number of nitrogens with one attached hydrogen (secondary N) is 2. The molecule has 4 aromatic rings. The molecule has 1 saturated carbocycles. The molecule has 0 unspecified atom stereocenters. The molecule has 9 heteroatoms. The maximum Gasteiger partial charge on any atom is 0.223 e. The number of benzene rings is 1. The van der Waals surface area contributed by atoms with Crippen LogP contribution in [0.2, 0.25) is 0 Å². The fourth-order valence-electron chi connectivity index (χ4n) is 5.06. The molecule has 2 aliphatic carbocycles. The number of hydrogen-bond donors (Lipinski definition) is 3. The van der Waals surface area contributed by atoms with Crippen LogP contribution in [0.3, 0.4) is 0 Å². The Labute approximate surface area is 192 Å². The molecule has 4 atom stereocenters. The standard InChI is InChI=1S/C23H20BrN7O/c24-15-11-26-23-20(19(15)28-18-13-7-6-12(10-13)17(18)21(25)32)29-22(30-23)14-4-1-2-5-16(14)31-9-3-8-27-31/h1-9,11-13,17-18H,10H2,(H2,25,32)(H2,26,28,29,30)/t12-,13+,17+,18-/m1/s1. The summed E-state index contributed by atoms with van der Waals surface area (Å²) in [6, 6.07) is 9.76. The predicted molar refractivity (Wildman–Crippen MR) is 125 cm³/mol. The van der Waals surface area contributed by atoms with Crippen LogP contribution in [0.5, 0.6) is 0 Å². The molecule has 2 bridgehead atoms. The highest BCUT2D eigenvalue weighted by molar-refractivity contribution is 9.10. The van der Waals surface area contributed by atoms with Gasteiger partial charge in [-0.3, -0.25) is 4.79 Å². The predicted octanol–water partition coefficient (Wildman–Crippen LogP) is 3.66. The fourth-order valence-corrected chi connectivity index (χ4v) is 5.48. The van der Waals surface area contributed by atoms with Crippen LogP contribution < -0.4 is 11.1 Å². The van der Waals surface area contributed by atoms with E-state index in [1.54, 1.807) is 12.4 Å². The number of para-hydroxylation sites is 1. The summed E-state index contributed by atoms with van der Waals surface area (Å²) in [5.41, 5.74) is 9.79. The molecule has 1 fully saturated rings. The van der Waals surface area contributed by atoms with Gasteiger partial charge in [0.15, 0.2) is 5.65 Å². The Morgan fingerprint density at radius 2 is 2.06 bits per heavy atom. The average molecular weight is 490 g/mol. The van der Waals surface area contributed by atoms with Crippen LogP contribution >= 0.6 is 15.9 Å². The largest absolute Gasteiger partial charge is 0.378 e. The van der Waals surface area contributed by atoms with Crippen LogP contribution in [0.1, 0.15) is 6.42 Å². The van der Waals surface area contributed by atoms with E-state index in [1.165, 1.54) is 0 Å². The van der Waals surface area contributed by atoms with Crippen molar-refractivity contribution in [1.29, 1.82) is 0 Å². The number of fused-ring (bicyclic) bond motifs is 3. The SMILES string of the molecule is NC(=O)[C@@H]1[C@H](Nc2c(Br)cnc3nc(-c4ccccc4-n4cccn4)[nH]c23)[C@H]2C=C[C@@H]1C2. The van der Waals surface area contributed by atoms with E-state index in [9.17, 15) is 4.79 Å². The zero-order valence-electron chi connectivity index (χ0n) is 16.9. The number of rotatable bonds is 5. The van der Waals surface area contributed by atoms with Crippen molar-refractivity contribution >= 4 is 38.7 Å². The monoisotopic (exact) mass is 489 g/mol. The van der Waals surface area contributed by atoms with Gasteiger partial charge in [0.2, 0.25) is 5.91 Å². The molecule has 3 aromatic heterocycles. The Kier molecular flexibility index (Phi) is 4.39. The first kappa shape index (κ1) is 19.2. The number of primary amides is 1. The van der Waals surface area contributed by atoms with Gasteiger partial charge in [0, 0.05) is 30.2 Å². The number of carbonyl (C=O) groups is 1. The van der Waals surface area contributed by atoms with Crippen LogP contribution in [0.25, 0.3) is 28.2 Å². The molecular weight excluding hydrogens is 470 g/mol. The summed E-state index contributed by atoms with van der Waals surface area (Å²) >= 11 is 3.63. The molecule has 6 rings (SSSR count). The molecule has 0 aliphatic heterocycles. The van der Waals surface area contributed by atoms with E-state index >= 15 is 0 Å². The molecule has 1 amide bonds. The second-order valence-corrected chi connectivity index (χ2v) is 9.13. The van der Waals surface area contributed by atoms with Gasteiger partial charge in [0.05, 0.1) is 21.8 Å². The van der Waals surface area contributed by atoms with Crippen molar-refractivity contribution < 1.29 is 4.79 Å². The Morgan fingerprint density at radius 3 is 2.88 bits per heavy atom. The summed E-state index contributed by atoms with van der Waals surface area (Å²) in [5.74, 6) is 0.668. The smallest absolute Gasteiger partial charge is 0.223 e. The van der Waals surface area contributed by atoms with Crippen molar-refractivity contribution in [2.75, 3.05) is 5.32 Å². The molecule has 160 valence electrons. The minimum absolute atomic E-state index is 0.0625. The van der Waals surface area contributed by atoms with E-state index in [-0.39, 0.29) is 29.7 Å². The van der Waals surface area contributed by atoms with E-state index in [0.29, 0.717) is 11.5 Å². The number of imidazole rings is 1. The molecule has 4 N–H and O–H groups in total. The number of amides is 1. The summed E-state index contributed by atoms with van der Waals surface area (Å²) in [6.45, 7) is 0. The first-order valence-corrected chi connectivity index (χ1v) is 11.3. The topological polar surface area (TPSA) is 115 Å². The van der Waals surface area contributed by atoms with Gasteiger partial charge in [0.25, 0.3) is 0 Å². The molecule has 1 aromatic carbocycles. The van der Waals surface area contributed by atoms with Crippen LogP contribution in [0.15, 0.2) is 65.5 Å². The lowest BCUT2D eigenvalue weighted by Gasteiger charge is -2.28. The van der Waals surface area contributed by atoms with Gasteiger partial charge in [-0.2, -0.15) is 5.10 Å². The van der Waals surface area contributed by atoms with Crippen molar-refractivity contribution in [2.24, 2.45) is 23.5 Å². The number of H-pyrrole nitrogens is 1. The minimum atomic E-state index is -0.265. The summed E-state index contributed by atoms with van der Waals surface area (Å²) in [4.78, 5) is 24.9. The number of halogens is 1. The molecular formula is C23H20BrN7O. The number of carbonyl (C=O) groups excluding carboxylic acids is 1. The highest BCUT2D eigenvalue weighted by atomic mass is 79.9. The Bertz CT molecular complexity index is 1360. The van der Waals surface area contributed by atoms with Gasteiger partial charge >= 0.3 is 0 Å². The van der Waals surface area contributed by atoms with Gasteiger partial charge in [-0.05, 0) is 52.4 Å². The summed E-state index contributed by atoms with van der Waals surface area (Å²) < 4.78 is 2.61. The molecule has 0 saturated heterocycles. The molecule has 2 aliphatic rings. The van der Waals surface area contributed by atoms with Crippen LogP contribution in [-0.4, -0.2) is 36.7 Å². The van der Waals surface area contributed by atoms with Crippen molar-refractivity contribution in [3.8, 4) is 17.1 Å². The molecule has 8 nitrogen and oxygen atoms in total. The first-order chi connectivity index (χ1) is 15.6. The van der Waals surface area contributed by atoms with E-state index in [1.807, 2.05) is 41.2 Å². The van der Waals surface area contributed by atoms with Gasteiger partial charge in [-0.1, -0.05) is 24.3 Å². The lowest BCUT2D eigenvalue weighted by molar-refractivity contribution is -0.122. The second kappa shape index (κ2) is 7.30. The zero-order chi connectivity index (χ0) is 21.8. The summed E-state index contributed by atoms with van der Waals surface area (Å²) in [5, 5.41) is 7.96. The van der Waals surface area contributed by atoms with Gasteiger partial charge in [-0.15, -0.1) is 0 Å². The van der Waals surface area contributed by atoms with Crippen molar-refractivity contribution in [1.82, 2.24) is 24.7 Å². The number of anilines is 1. The van der Waals surface area contributed by atoms with E-state index in [0.717, 1.165) is 33.3 Å². The third kappa shape index (κ3) is 2.96. The van der Waals surface area contributed by atoms with Crippen LogP contribution in [0.4, 0.5) is 5.69 Å². The number of nitrogens with zero attached hydrogens (tertiary/aromatic N) is 4. The van der Waals surface area contributed by atoms with Gasteiger partial charge in [-0.25, -0.2) is 14.6 Å². The second-order valence-electron chi connectivity index (χ2n) is 8.28. The Balaban J connectivity index is 1.44. The maximum absolute atomic E-state index is 12.2. The summed E-state index contributed by atoms with van der Waals surface area (Å²) in [6.07, 6.45) is 10.6. The van der Waals surface area contributed by atoms with E-state index < -0.39 is 0 Å². The average Bonchev–Trinajstić information content (AvgIpc) is 3.58. The Morgan fingerprint density at radius 1 is 1.22 bits per heavy atom. The number of hydrogen-bond acceptors (Lipinski definition) is 5. The number of pyridine rings is 1. The normalized spacial score (nSPS) is 23.8. The van der Waals surface area contributed by atoms with Crippen LogP contribution in [-0.2, 0) is 4.79 Å². The fraction of sp³-hybridized carbons (Fsp3) is 0.217. The highest BCUT2D eigenvalue weighted by Crippen LogP contribution is 2.46. The maximum atomic E-state index is 12.2. The minimum Gasteiger partial charge on any atom is -0.378 e. The van der Waals surface area contributed by atoms with Crippen LogP contribution in [0, 0.1) is 17.8 Å². The molecule has 0 radical (unpaired) electrons. The van der Waals surface area contributed by atoms with Crippen molar-refractivity contribution in [3.05, 3.63) is 65.5 Å². The van der Waals surface area contributed by atoms with Gasteiger partial charge < -0.3 is 16.0 Å². The number of aromatic amines is 1. The van der Waals surface area contributed by atoms with E-state index in [2.05, 4.69) is 48.5 Å². The molecule has 32 heavy (non-hydrogen) atoms. The highest BCUT2D eigenvalue weighted by Gasteiger charge is 2.47. The lowest BCUT2D eigenvalue weighted by Crippen LogP contribution is -2.41. The number of nitrogens with two attached hydrogens (primary N) is 1. The summed E-state index contributed by atoms with van der Waals surface area (Å²) in [7, 11) is 0. The van der Waals surface area contributed by atoms with Crippen molar-refractivity contribution in [2.45, 2.75) is 12.5 Å².